The first kappa shape index (κ1) is 10.8. The Hall–Kier alpha value is -1.35. The van der Waals surface area contributed by atoms with E-state index in [0.717, 1.165) is 45.0 Å². The summed E-state index contributed by atoms with van der Waals surface area (Å²) in [6, 6.07) is 8.56. The minimum absolute atomic E-state index is 0.310. The molecule has 1 saturated heterocycles. The summed E-state index contributed by atoms with van der Waals surface area (Å²) in [7, 11) is 0. The molecule has 0 spiro atoms. The summed E-state index contributed by atoms with van der Waals surface area (Å²) < 4.78 is 5.34. The van der Waals surface area contributed by atoms with Crippen LogP contribution in [0.15, 0.2) is 24.3 Å². The summed E-state index contributed by atoms with van der Waals surface area (Å²) >= 11 is 0. The van der Waals surface area contributed by atoms with E-state index < -0.39 is 0 Å². The van der Waals surface area contributed by atoms with E-state index >= 15 is 0 Å². The first-order chi connectivity index (χ1) is 8.36. The molecule has 17 heavy (non-hydrogen) atoms. The van der Waals surface area contributed by atoms with Crippen molar-refractivity contribution in [2.45, 2.75) is 18.8 Å². The topological polar surface area (TPSA) is 36.3 Å². The molecule has 90 valence electrons. The molecule has 1 aliphatic carbocycles. The van der Waals surface area contributed by atoms with Gasteiger partial charge in [-0.15, -0.1) is 0 Å². The number of amidine groups is 1. The normalized spacial score (nSPS) is 23.5. The number of fused-ring (bicyclic) bond motifs is 1. The number of rotatable bonds is 1. The average Bonchev–Trinajstić information content (AvgIpc) is 2.83. The van der Waals surface area contributed by atoms with E-state index in [0.29, 0.717) is 5.92 Å². The van der Waals surface area contributed by atoms with Crippen LogP contribution in [0.4, 0.5) is 0 Å². The van der Waals surface area contributed by atoms with Crippen LogP contribution in [0.2, 0.25) is 0 Å². The van der Waals surface area contributed by atoms with Crippen molar-refractivity contribution in [1.82, 2.24) is 4.90 Å². The van der Waals surface area contributed by atoms with Gasteiger partial charge in [-0.25, -0.2) is 0 Å². The molecule has 0 bridgehead atoms. The molecule has 0 saturated carbocycles. The predicted octanol–water partition coefficient (Wildman–Crippen LogP) is 2.03. The highest BCUT2D eigenvalue weighted by molar-refractivity contribution is 5.87. The van der Waals surface area contributed by atoms with Crippen molar-refractivity contribution in [2.24, 2.45) is 0 Å². The van der Waals surface area contributed by atoms with Crippen LogP contribution in [0, 0.1) is 5.41 Å². The van der Waals surface area contributed by atoms with Gasteiger partial charge < -0.3 is 9.64 Å². The van der Waals surface area contributed by atoms with Crippen LogP contribution in [-0.2, 0) is 11.2 Å². The molecule has 3 nitrogen and oxygen atoms in total. The minimum Gasteiger partial charge on any atom is -0.378 e. The Bertz CT molecular complexity index is 424. The van der Waals surface area contributed by atoms with E-state index in [1.54, 1.807) is 0 Å². The van der Waals surface area contributed by atoms with Gasteiger partial charge in [0.2, 0.25) is 0 Å². The van der Waals surface area contributed by atoms with Crippen LogP contribution in [0.3, 0.4) is 0 Å². The third-order valence-electron chi connectivity index (χ3n) is 3.81. The number of nitrogens with zero attached hydrogens (tertiary/aromatic N) is 1. The molecule has 1 aromatic rings. The van der Waals surface area contributed by atoms with Crippen molar-refractivity contribution >= 4 is 5.84 Å². The van der Waals surface area contributed by atoms with Gasteiger partial charge in [-0.1, -0.05) is 24.3 Å². The Labute approximate surface area is 102 Å². The largest absolute Gasteiger partial charge is 0.378 e. The minimum atomic E-state index is 0.310. The molecule has 1 fully saturated rings. The van der Waals surface area contributed by atoms with Crippen molar-refractivity contribution in [2.75, 3.05) is 26.3 Å². The number of ether oxygens (including phenoxy) is 1. The molecule has 1 unspecified atom stereocenters. The van der Waals surface area contributed by atoms with Crippen LogP contribution in [0.25, 0.3) is 0 Å². The fourth-order valence-electron chi connectivity index (χ4n) is 2.87. The third-order valence-corrected chi connectivity index (χ3v) is 3.81. The summed E-state index contributed by atoms with van der Waals surface area (Å²) in [6.07, 6.45) is 2.21. The van der Waals surface area contributed by atoms with E-state index in [-0.39, 0.29) is 0 Å². The first-order valence-corrected chi connectivity index (χ1v) is 6.35. The third kappa shape index (κ3) is 1.95. The van der Waals surface area contributed by atoms with E-state index in [2.05, 4.69) is 29.2 Å². The summed E-state index contributed by atoms with van der Waals surface area (Å²) in [5.74, 6) is 1.10. The predicted molar refractivity (Wildman–Crippen MR) is 67.6 cm³/mol. The van der Waals surface area contributed by atoms with Gasteiger partial charge in [0, 0.05) is 19.0 Å². The highest BCUT2D eigenvalue weighted by Gasteiger charge is 2.29. The zero-order valence-electron chi connectivity index (χ0n) is 9.98. The number of morpholine rings is 1. The quantitative estimate of drug-likeness (QED) is 0.592. The standard InChI is InChI=1S/C14H18N2O/c15-14(16-7-9-17-10-8-16)13-6-5-11-3-1-2-4-12(11)13/h1-4,13,15H,5-10H2. The van der Waals surface area contributed by atoms with E-state index in [1.807, 2.05) is 0 Å². The second-order valence-corrected chi connectivity index (χ2v) is 4.77. The maximum absolute atomic E-state index is 8.38. The molecule has 1 aliphatic heterocycles. The van der Waals surface area contributed by atoms with Gasteiger partial charge in [-0.05, 0) is 24.0 Å². The van der Waals surface area contributed by atoms with Gasteiger partial charge in [-0.3, -0.25) is 5.41 Å². The van der Waals surface area contributed by atoms with Gasteiger partial charge in [0.25, 0.3) is 0 Å². The Balaban J connectivity index is 1.79. The molecule has 3 heteroatoms. The molecule has 0 radical (unpaired) electrons. The molecule has 0 amide bonds. The van der Waals surface area contributed by atoms with Crippen molar-refractivity contribution in [1.29, 1.82) is 5.41 Å². The fourth-order valence-corrected chi connectivity index (χ4v) is 2.87. The van der Waals surface area contributed by atoms with Crippen LogP contribution in [0.1, 0.15) is 23.5 Å². The number of aryl methyl sites for hydroxylation is 1. The summed E-state index contributed by atoms with van der Waals surface area (Å²) in [5, 5.41) is 8.38. The number of hydrogen-bond donors (Lipinski definition) is 1. The lowest BCUT2D eigenvalue weighted by atomic mass is 9.99. The Kier molecular flexibility index (Phi) is 2.85. The highest BCUT2D eigenvalue weighted by atomic mass is 16.5. The molecular weight excluding hydrogens is 212 g/mol. The highest BCUT2D eigenvalue weighted by Crippen LogP contribution is 2.34. The van der Waals surface area contributed by atoms with Crippen molar-refractivity contribution in [3.8, 4) is 0 Å². The Morgan fingerprint density at radius 2 is 2.00 bits per heavy atom. The lowest BCUT2D eigenvalue weighted by molar-refractivity contribution is 0.0663. The fraction of sp³-hybridized carbons (Fsp3) is 0.500. The van der Waals surface area contributed by atoms with E-state index in [1.165, 1.54) is 11.1 Å². The summed E-state index contributed by atoms with van der Waals surface area (Å²) in [6.45, 7) is 3.27. The van der Waals surface area contributed by atoms with Crippen LogP contribution >= 0.6 is 0 Å². The SMILES string of the molecule is N=C(C1CCc2ccccc21)N1CCOCC1. The van der Waals surface area contributed by atoms with Gasteiger partial charge in [-0.2, -0.15) is 0 Å². The number of nitrogens with one attached hydrogen (secondary N) is 1. The molecule has 1 atom stereocenters. The molecule has 2 aliphatic rings. The van der Waals surface area contributed by atoms with Crippen molar-refractivity contribution < 1.29 is 4.74 Å². The maximum Gasteiger partial charge on any atom is 0.104 e. The first-order valence-electron chi connectivity index (χ1n) is 6.35. The molecule has 0 aromatic heterocycles. The lowest BCUT2D eigenvalue weighted by Gasteiger charge is -2.32. The molecule has 3 rings (SSSR count). The van der Waals surface area contributed by atoms with E-state index in [9.17, 15) is 0 Å². The average molecular weight is 230 g/mol. The molecular formula is C14H18N2O. The Morgan fingerprint density at radius 1 is 1.24 bits per heavy atom. The van der Waals surface area contributed by atoms with Crippen molar-refractivity contribution in [3.63, 3.8) is 0 Å². The van der Waals surface area contributed by atoms with Gasteiger partial charge in [0.1, 0.15) is 5.84 Å². The smallest absolute Gasteiger partial charge is 0.104 e. The second kappa shape index (κ2) is 4.49. The number of hydrogen-bond acceptors (Lipinski definition) is 2. The monoisotopic (exact) mass is 230 g/mol. The van der Waals surface area contributed by atoms with Crippen LogP contribution in [-0.4, -0.2) is 37.0 Å². The van der Waals surface area contributed by atoms with Crippen LogP contribution in [0.5, 0.6) is 0 Å². The Morgan fingerprint density at radius 3 is 2.82 bits per heavy atom. The van der Waals surface area contributed by atoms with Gasteiger partial charge in [0.15, 0.2) is 0 Å². The van der Waals surface area contributed by atoms with Crippen molar-refractivity contribution in [3.05, 3.63) is 35.4 Å². The van der Waals surface area contributed by atoms with E-state index in [4.69, 9.17) is 10.1 Å². The molecule has 1 N–H and O–H groups in total. The summed E-state index contributed by atoms with van der Waals surface area (Å²) in [4.78, 5) is 2.18. The zero-order chi connectivity index (χ0) is 11.7. The maximum atomic E-state index is 8.38. The molecule has 1 aromatic carbocycles. The molecule has 1 heterocycles. The van der Waals surface area contributed by atoms with Gasteiger partial charge in [0.05, 0.1) is 13.2 Å². The second-order valence-electron chi connectivity index (χ2n) is 4.77. The number of benzene rings is 1. The summed E-state index contributed by atoms with van der Waals surface area (Å²) in [5.41, 5.74) is 2.79. The van der Waals surface area contributed by atoms with Crippen LogP contribution < -0.4 is 0 Å². The zero-order valence-corrected chi connectivity index (χ0v) is 9.98. The van der Waals surface area contributed by atoms with Gasteiger partial charge >= 0.3 is 0 Å². The lowest BCUT2D eigenvalue weighted by Crippen LogP contribution is -2.42.